The van der Waals surface area contributed by atoms with Crippen molar-refractivity contribution in [2.24, 2.45) is 0 Å². The van der Waals surface area contributed by atoms with Gasteiger partial charge in [0.15, 0.2) is 5.82 Å². The molecular formula is C18H25N5. The molecule has 0 radical (unpaired) electrons. The SMILES string of the molecule is CCN(CC)CCNc1nc(-c2cccnc2)nc2c1CCC2. The van der Waals surface area contributed by atoms with Crippen LogP contribution in [0.2, 0.25) is 0 Å². The van der Waals surface area contributed by atoms with Gasteiger partial charge in [0.1, 0.15) is 5.82 Å². The van der Waals surface area contributed by atoms with Gasteiger partial charge in [-0.25, -0.2) is 9.97 Å². The van der Waals surface area contributed by atoms with Crippen LogP contribution in [-0.2, 0) is 12.8 Å². The number of rotatable bonds is 7. The molecule has 2 aromatic rings. The molecule has 0 aliphatic heterocycles. The Labute approximate surface area is 138 Å². The van der Waals surface area contributed by atoms with Crippen molar-refractivity contribution >= 4 is 5.82 Å². The summed E-state index contributed by atoms with van der Waals surface area (Å²) in [6, 6.07) is 3.95. The number of likely N-dealkylation sites (N-methyl/N-ethyl adjacent to an activating group) is 1. The van der Waals surface area contributed by atoms with Crippen LogP contribution in [0.1, 0.15) is 31.5 Å². The molecule has 0 aromatic carbocycles. The fourth-order valence-corrected chi connectivity index (χ4v) is 3.08. The summed E-state index contributed by atoms with van der Waals surface area (Å²) in [5.74, 6) is 1.79. The second-order valence-electron chi connectivity index (χ2n) is 5.87. The van der Waals surface area contributed by atoms with Crippen LogP contribution in [0.3, 0.4) is 0 Å². The first-order valence-electron chi connectivity index (χ1n) is 8.58. The van der Waals surface area contributed by atoms with E-state index in [9.17, 15) is 0 Å². The molecule has 1 N–H and O–H groups in total. The first-order valence-corrected chi connectivity index (χ1v) is 8.58. The Balaban J connectivity index is 1.80. The normalized spacial score (nSPS) is 13.3. The molecule has 0 unspecified atom stereocenters. The predicted molar refractivity (Wildman–Crippen MR) is 93.6 cm³/mol. The van der Waals surface area contributed by atoms with E-state index >= 15 is 0 Å². The number of hydrogen-bond acceptors (Lipinski definition) is 5. The second kappa shape index (κ2) is 7.51. The van der Waals surface area contributed by atoms with E-state index in [1.165, 1.54) is 17.7 Å². The van der Waals surface area contributed by atoms with Crippen LogP contribution in [0.5, 0.6) is 0 Å². The van der Waals surface area contributed by atoms with E-state index in [0.29, 0.717) is 0 Å². The average molecular weight is 311 g/mol. The molecule has 0 saturated carbocycles. The summed E-state index contributed by atoms with van der Waals surface area (Å²) in [5.41, 5.74) is 3.48. The van der Waals surface area contributed by atoms with Gasteiger partial charge < -0.3 is 10.2 Å². The van der Waals surface area contributed by atoms with E-state index in [1.54, 1.807) is 6.20 Å². The molecule has 0 atom stereocenters. The standard InChI is InChI=1S/C18H25N5/c1-3-23(4-2)12-11-20-18-15-8-5-9-16(15)21-17(22-18)14-7-6-10-19-13-14/h6-7,10,13H,3-5,8-9,11-12H2,1-2H3,(H,20,21,22). The van der Waals surface area contributed by atoms with E-state index in [0.717, 1.165) is 56.2 Å². The lowest BCUT2D eigenvalue weighted by Crippen LogP contribution is -2.29. The van der Waals surface area contributed by atoms with Gasteiger partial charge in [-0.3, -0.25) is 4.98 Å². The lowest BCUT2D eigenvalue weighted by atomic mass is 10.2. The van der Waals surface area contributed by atoms with Gasteiger partial charge in [-0.15, -0.1) is 0 Å². The Bertz CT molecular complexity index is 637. The van der Waals surface area contributed by atoms with Crippen molar-refractivity contribution in [2.45, 2.75) is 33.1 Å². The molecule has 5 nitrogen and oxygen atoms in total. The van der Waals surface area contributed by atoms with Gasteiger partial charge in [-0.05, 0) is 44.5 Å². The number of fused-ring (bicyclic) bond motifs is 1. The maximum atomic E-state index is 4.78. The van der Waals surface area contributed by atoms with Gasteiger partial charge in [0.25, 0.3) is 0 Å². The summed E-state index contributed by atoms with van der Waals surface area (Å²) in [6.45, 7) is 8.52. The maximum absolute atomic E-state index is 4.78. The highest BCUT2D eigenvalue weighted by atomic mass is 15.1. The highest BCUT2D eigenvalue weighted by Crippen LogP contribution is 2.28. The Morgan fingerprint density at radius 2 is 2.04 bits per heavy atom. The first kappa shape index (κ1) is 15.9. The molecule has 1 aliphatic rings. The molecule has 1 aliphatic carbocycles. The Morgan fingerprint density at radius 1 is 1.17 bits per heavy atom. The maximum Gasteiger partial charge on any atom is 0.163 e. The number of nitrogens with one attached hydrogen (secondary N) is 1. The Kier molecular flexibility index (Phi) is 5.18. The molecule has 122 valence electrons. The monoisotopic (exact) mass is 311 g/mol. The van der Waals surface area contributed by atoms with Crippen molar-refractivity contribution in [1.29, 1.82) is 0 Å². The van der Waals surface area contributed by atoms with Gasteiger partial charge in [0.05, 0.1) is 0 Å². The van der Waals surface area contributed by atoms with Crippen LogP contribution in [-0.4, -0.2) is 46.0 Å². The molecule has 0 amide bonds. The van der Waals surface area contributed by atoms with E-state index in [1.807, 2.05) is 18.3 Å². The zero-order chi connectivity index (χ0) is 16.1. The quantitative estimate of drug-likeness (QED) is 0.852. The zero-order valence-corrected chi connectivity index (χ0v) is 14.0. The van der Waals surface area contributed by atoms with Gasteiger partial charge >= 0.3 is 0 Å². The van der Waals surface area contributed by atoms with Crippen LogP contribution in [0.25, 0.3) is 11.4 Å². The minimum absolute atomic E-state index is 0.782. The van der Waals surface area contributed by atoms with E-state index in [4.69, 9.17) is 9.97 Å². The molecule has 0 bridgehead atoms. The molecule has 5 heteroatoms. The highest BCUT2D eigenvalue weighted by Gasteiger charge is 2.19. The van der Waals surface area contributed by atoms with Gasteiger partial charge in [-0.2, -0.15) is 0 Å². The molecule has 2 aromatic heterocycles. The topological polar surface area (TPSA) is 53.9 Å². The van der Waals surface area contributed by atoms with Gasteiger partial charge in [-0.1, -0.05) is 13.8 Å². The summed E-state index contributed by atoms with van der Waals surface area (Å²) in [7, 11) is 0. The van der Waals surface area contributed by atoms with Crippen LogP contribution >= 0.6 is 0 Å². The average Bonchev–Trinajstić information content (AvgIpc) is 3.08. The molecular weight excluding hydrogens is 286 g/mol. The first-order chi connectivity index (χ1) is 11.3. The smallest absolute Gasteiger partial charge is 0.163 e. The van der Waals surface area contributed by atoms with E-state index in [-0.39, 0.29) is 0 Å². The molecule has 3 rings (SSSR count). The number of aryl methyl sites for hydroxylation is 1. The van der Waals surface area contributed by atoms with Crippen molar-refractivity contribution in [3.63, 3.8) is 0 Å². The highest BCUT2D eigenvalue weighted by molar-refractivity contribution is 5.59. The molecule has 23 heavy (non-hydrogen) atoms. The summed E-state index contributed by atoms with van der Waals surface area (Å²) in [5, 5.41) is 3.54. The lowest BCUT2D eigenvalue weighted by Gasteiger charge is -2.19. The van der Waals surface area contributed by atoms with Gasteiger partial charge in [0, 0.05) is 42.3 Å². The molecule has 2 heterocycles. The van der Waals surface area contributed by atoms with Crippen molar-refractivity contribution in [2.75, 3.05) is 31.5 Å². The minimum Gasteiger partial charge on any atom is -0.368 e. The van der Waals surface area contributed by atoms with Crippen LogP contribution in [0, 0.1) is 0 Å². The summed E-state index contributed by atoms with van der Waals surface area (Å²) in [4.78, 5) is 16.1. The van der Waals surface area contributed by atoms with Crippen LogP contribution in [0.15, 0.2) is 24.5 Å². The number of aromatic nitrogens is 3. The molecule has 0 fully saturated rings. The Hall–Kier alpha value is -2.01. The van der Waals surface area contributed by atoms with Crippen LogP contribution < -0.4 is 5.32 Å². The third-order valence-electron chi connectivity index (χ3n) is 4.47. The van der Waals surface area contributed by atoms with Crippen molar-refractivity contribution in [3.05, 3.63) is 35.8 Å². The van der Waals surface area contributed by atoms with Crippen molar-refractivity contribution < 1.29 is 0 Å². The fourth-order valence-electron chi connectivity index (χ4n) is 3.08. The van der Waals surface area contributed by atoms with E-state index in [2.05, 4.69) is 29.0 Å². The van der Waals surface area contributed by atoms with E-state index < -0.39 is 0 Å². The predicted octanol–water partition coefficient (Wildman–Crippen LogP) is 2.78. The number of pyridine rings is 1. The number of nitrogens with zero attached hydrogens (tertiary/aromatic N) is 4. The van der Waals surface area contributed by atoms with Crippen LogP contribution in [0.4, 0.5) is 5.82 Å². The third-order valence-corrected chi connectivity index (χ3v) is 4.47. The largest absolute Gasteiger partial charge is 0.368 e. The van der Waals surface area contributed by atoms with Gasteiger partial charge in [0.2, 0.25) is 0 Å². The third kappa shape index (κ3) is 3.67. The summed E-state index contributed by atoms with van der Waals surface area (Å²) >= 11 is 0. The van der Waals surface area contributed by atoms with Crippen molar-refractivity contribution in [1.82, 2.24) is 19.9 Å². The summed E-state index contributed by atoms with van der Waals surface area (Å²) < 4.78 is 0. The zero-order valence-electron chi connectivity index (χ0n) is 14.0. The van der Waals surface area contributed by atoms with Crippen molar-refractivity contribution in [3.8, 4) is 11.4 Å². The number of anilines is 1. The number of hydrogen-bond donors (Lipinski definition) is 1. The molecule has 0 saturated heterocycles. The summed E-state index contributed by atoms with van der Waals surface area (Å²) in [6.07, 6.45) is 6.91. The second-order valence-corrected chi connectivity index (χ2v) is 5.87. The fraction of sp³-hybridized carbons (Fsp3) is 0.500. The molecule has 0 spiro atoms. The Morgan fingerprint density at radius 3 is 2.78 bits per heavy atom. The lowest BCUT2D eigenvalue weighted by molar-refractivity contribution is 0.316. The minimum atomic E-state index is 0.782.